The molecule has 0 aliphatic rings. The Morgan fingerprint density at radius 3 is 2.64 bits per heavy atom. The molecule has 0 saturated carbocycles. The molecule has 0 aliphatic carbocycles. The molecule has 0 fully saturated rings. The minimum absolute atomic E-state index is 0.0530. The third kappa shape index (κ3) is 5.79. The third-order valence-corrected chi connectivity index (χ3v) is 3.84. The van der Waals surface area contributed by atoms with Crippen molar-refractivity contribution in [3.05, 3.63) is 36.2 Å². The van der Waals surface area contributed by atoms with E-state index in [1.54, 1.807) is 39.0 Å². The summed E-state index contributed by atoms with van der Waals surface area (Å²) in [6.07, 6.45) is 6.15. The Morgan fingerprint density at radius 1 is 1.28 bits per heavy atom. The maximum atomic E-state index is 12.0. The van der Waals surface area contributed by atoms with Gasteiger partial charge in [0.1, 0.15) is 12.2 Å². The quantitative estimate of drug-likeness (QED) is 0.803. The van der Waals surface area contributed by atoms with Gasteiger partial charge < -0.3 is 14.8 Å². The Labute approximate surface area is 147 Å². The van der Waals surface area contributed by atoms with Crippen LogP contribution in [0.1, 0.15) is 5.56 Å². The highest BCUT2D eigenvalue weighted by atomic mass is 32.2. The van der Waals surface area contributed by atoms with E-state index < -0.39 is 9.73 Å². The SMILES string of the molecule is COc1ccc(CNC(=O)Cn2cc(N=S(C)(C)=O)cn2)cc1OC. The Hall–Kier alpha value is -2.55. The highest BCUT2D eigenvalue weighted by molar-refractivity contribution is 7.92. The van der Waals surface area contributed by atoms with Crippen molar-refractivity contribution in [2.45, 2.75) is 13.1 Å². The predicted molar refractivity (Wildman–Crippen MR) is 95.7 cm³/mol. The van der Waals surface area contributed by atoms with Crippen molar-refractivity contribution < 1.29 is 18.5 Å². The van der Waals surface area contributed by atoms with E-state index in [1.165, 1.54) is 10.9 Å². The summed E-state index contributed by atoms with van der Waals surface area (Å²) in [6, 6.07) is 5.45. The van der Waals surface area contributed by atoms with E-state index in [9.17, 15) is 9.00 Å². The van der Waals surface area contributed by atoms with Crippen LogP contribution in [0.25, 0.3) is 0 Å². The summed E-state index contributed by atoms with van der Waals surface area (Å²) in [6.45, 7) is 0.410. The average molecular weight is 366 g/mol. The van der Waals surface area contributed by atoms with Gasteiger partial charge in [0.25, 0.3) is 0 Å². The predicted octanol–water partition coefficient (Wildman–Crippen LogP) is 1.58. The zero-order valence-electron chi connectivity index (χ0n) is 14.7. The fraction of sp³-hybridized carbons (Fsp3) is 0.375. The van der Waals surface area contributed by atoms with Gasteiger partial charge >= 0.3 is 0 Å². The van der Waals surface area contributed by atoms with Gasteiger partial charge in [-0.1, -0.05) is 6.07 Å². The molecule has 0 saturated heterocycles. The van der Waals surface area contributed by atoms with Gasteiger partial charge in [0.15, 0.2) is 11.5 Å². The van der Waals surface area contributed by atoms with E-state index in [0.29, 0.717) is 23.7 Å². The first-order valence-electron chi connectivity index (χ1n) is 7.48. The largest absolute Gasteiger partial charge is 0.493 e. The summed E-state index contributed by atoms with van der Waals surface area (Å²) < 4.78 is 27.5. The van der Waals surface area contributed by atoms with Gasteiger partial charge in [-0.05, 0) is 17.7 Å². The van der Waals surface area contributed by atoms with E-state index in [2.05, 4.69) is 14.8 Å². The number of rotatable bonds is 7. The second-order valence-electron chi connectivity index (χ2n) is 5.63. The zero-order chi connectivity index (χ0) is 18.4. The van der Waals surface area contributed by atoms with Crippen molar-refractivity contribution in [1.82, 2.24) is 15.1 Å². The number of methoxy groups -OCH3 is 2. The van der Waals surface area contributed by atoms with Crippen molar-refractivity contribution in [2.75, 3.05) is 26.7 Å². The van der Waals surface area contributed by atoms with Crippen LogP contribution >= 0.6 is 0 Å². The van der Waals surface area contributed by atoms with Crippen LogP contribution in [0, 0.1) is 0 Å². The van der Waals surface area contributed by atoms with E-state index in [0.717, 1.165) is 5.56 Å². The van der Waals surface area contributed by atoms with Crippen LogP contribution < -0.4 is 14.8 Å². The lowest BCUT2D eigenvalue weighted by Crippen LogP contribution is -2.27. The van der Waals surface area contributed by atoms with Gasteiger partial charge in [-0.25, -0.2) is 4.21 Å². The van der Waals surface area contributed by atoms with Crippen LogP contribution in [0.3, 0.4) is 0 Å². The average Bonchev–Trinajstić information content (AvgIpc) is 2.97. The molecular formula is C16H22N4O4S. The number of carbonyl (C=O) groups excluding carboxylic acids is 1. The molecule has 0 bridgehead atoms. The Bertz CT molecular complexity index is 861. The van der Waals surface area contributed by atoms with Gasteiger partial charge in [0.05, 0.1) is 26.6 Å². The maximum Gasteiger partial charge on any atom is 0.241 e. The first-order chi connectivity index (χ1) is 11.8. The van der Waals surface area contributed by atoms with Crippen molar-refractivity contribution in [3.63, 3.8) is 0 Å². The molecule has 1 heterocycles. The number of nitrogens with one attached hydrogen (secondary N) is 1. The lowest BCUT2D eigenvalue weighted by atomic mass is 10.2. The highest BCUT2D eigenvalue weighted by Crippen LogP contribution is 2.27. The first kappa shape index (κ1) is 18.8. The van der Waals surface area contributed by atoms with Crippen molar-refractivity contribution in [1.29, 1.82) is 0 Å². The lowest BCUT2D eigenvalue weighted by molar-refractivity contribution is -0.122. The summed E-state index contributed by atoms with van der Waals surface area (Å²) in [5.74, 6) is 1.04. The zero-order valence-corrected chi connectivity index (χ0v) is 15.5. The van der Waals surface area contributed by atoms with E-state index in [4.69, 9.17) is 9.47 Å². The molecule has 2 rings (SSSR count). The molecule has 0 atom stereocenters. The van der Waals surface area contributed by atoms with Crippen molar-refractivity contribution in [3.8, 4) is 11.5 Å². The number of benzene rings is 1. The topological polar surface area (TPSA) is 94.8 Å². The standard InChI is InChI=1S/C16H22N4O4S/c1-23-14-6-5-12(7-15(14)24-2)8-17-16(21)11-20-10-13(9-18-20)19-25(3,4)22/h5-7,9-10H,8,11H2,1-4H3,(H,17,21). The molecule has 1 N–H and O–H groups in total. The Balaban J connectivity index is 1.94. The van der Waals surface area contributed by atoms with Crippen LogP contribution in [0.2, 0.25) is 0 Å². The molecule has 1 aromatic carbocycles. The fourth-order valence-corrected chi connectivity index (χ4v) is 2.74. The van der Waals surface area contributed by atoms with E-state index >= 15 is 0 Å². The number of hydrogen-bond donors (Lipinski definition) is 1. The summed E-state index contributed by atoms with van der Waals surface area (Å²) in [5.41, 5.74) is 1.38. The molecular weight excluding hydrogens is 344 g/mol. The van der Waals surface area contributed by atoms with E-state index in [-0.39, 0.29) is 12.5 Å². The molecule has 25 heavy (non-hydrogen) atoms. The summed E-state index contributed by atoms with van der Waals surface area (Å²) in [7, 11) is 0.878. The van der Waals surface area contributed by atoms with Gasteiger partial charge in [-0.15, -0.1) is 0 Å². The number of ether oxygens (including phenoxy) is 2. The monoisotopic (exact) mass is 366 g/mol. The number of aromatic nitrogens is 2. The molecule has 2 aromatic rings. The number of hydrogen-bond acceptors (Lipinski definition) is 6. The van der Waals surface area contributed by atoms with Gasteiger partial charge in [0.2, 0.25) is 5.91 Å². The maximum absolute atomic E-state index is 12.0. The number of nitrogens with zero attached hydrogens (tertiary/aromatic N) is 3. The van der Waals surface area contributed by atoms with Crippen molar-refractivity contribution >= 4 is 21.3 Å². The van der Waals surface area contributed by atoms with Crippen LogP contribution in [0.4, 0.5) is 5.69 Å². The minimum Gasteiger partial charge on any atom is -0.493 e. The summed E-state index contributed by atoms with van der Waals surface area (Å²) in [4.78, 5) is 12.0. The van der Waals surface area contributed by atoms with E-state index in [1.807, 2.05) is 12.1 Å². The lowest BCUT2D eigenvalue weighted by Gasteiger charge is -2.10. The molecule has 1 aromatic heterocycles. The van der Waals surface area contributed by atoms with Crippen LogP contribution in [0.5, 0.6) is 11.5 Å². The molecule has 0 aliphatic heterocycles. The number of carbonyl (C=O) groups is 1. The number of amides is 1. The second-order valence-corrected chi connectivity index (χ2v) is 8.18. The smallest absolute Gasteiger partial charge is 0.241 e. The molecule has 0 unspecified atom stereocenters. The van der Waals surface area contributed by atoms with Crippen LogP contribution in [0.15, 0.2) is 35.0 Å². The van der Waals surface area contributed by atoms with Gasteiger partial charge in [-0.2, -0.15) is 9.46 Å². The minimum atomic E-state index is -2.25. The second kappa shape index (κ2) is 8.02. The van der Waals surface area contributed by atoms with Crippen LogP contribution in [-0.2, 0) is 27.6 Å². The molecule has 0 radical (unpaired) electrons. The normalized spacial score (nSPS) is 11.0. The summed E-state index contributed by atoms with van der Waals surface area (Å²) >= 11 is 0. The summed E-state index contributed by atoms with van der Waals surface area (Å²) in [5, 5.41) is 6.86. The molecule has 136 valence electrons. The molecule has 8 nitrogen and oxygen atoms in total. The highest BCUT2D eigenvalue weighted by Gasteiger charge is 2.08. The Kier molecular flexibility index (Phi) is 6.02. The fourth-order valence-electron chi connectivity index (χ4n) is 2.13. The Morgan fingerprint density at radius 2 is 2.00 bits per heavy atom. The van der Waals surface area contributed by atoms with Crippen molar-refractivity contribution in [2.24, 2.45) is 4.36 Å². The molecule has 9 heteroatoms. The molecule has 0 spiro atoms. The first-order valence-corrected chi connectivity index (χ1v) is 9.81. The van der Waals surface area contributed by atoms with Gasteiger partial charge in [0, 0.05) is 28.8 Å². The van der Waals surface area contributed by atoms with Crippen LogP contribution in [-0.4, -0.2) is 46.6 Å². The molecule has 1 amide bonds. The van der Waals surface area contributed by atoms with Gasteiger partial charge in [-0.3, -0.25) is 9.48 Å². The third-order valence-electron chi connectivity index (χ3n) is 3.19.